The van der Waals surface area contributed by atoms with Crippen molar-refractivity contribution in [3.8, 4) is 0 Å². The van der Waals surface area contributed by atoms with Gasteiger partial charge in [0, 0.05) is 10.9 Å². The molecule has 1 aromatic heterocycles. The van der Waals surface area contributed by atoms with Gasteiger partial charge in [-0.1, -0.05) is 19.8 Å². The number of aryl methyl sites for hydroxylation is 2. The molecule has 0 aliphatic heterocycles. The summed E-state index contributed by atoms with van der Waals surface area (Å²) < 4.78 is 0. The molecule has 1 atom stereocenters. The maximum Gasteiger partial charge on any atom is 0.0900 e. The van der Waals surface area contributed by atoms with E-state index in [1.165, 1.54) is 34.8 Å². The first-order valence-corrected chi connectivity index (χ1v) is 6.64. The lowest BCUT2D eigenvalue weighted by Gasteiger charge is -2.12. The SMILES string of the molecule is CCCCCNC(C)c1nc(C)sc1C. The van der Waals surface area contributed by atoms with E-state index in [9.17, 15) is 0 Å². The Balaban J connectivity index is 2.39. The van der Waals surface area contributed by atoms with E-state index in [1.807, 2.05) is 0 Å². The molecular weight excluding hydrogens is 204 g/mol. The van der Waals surface area contributed by atoms with Gasteiger partial charge in [-0.05, 0) is 33.7 Å². The van der Waals surface area contributed by atoms with Crippen LogP contribution in [-0.2, 0) is 0 Å². The van der Waals surface area contributed by atoms with Gasteiger partial charge >= 0.3 is 0 Å². The summed E-state index contributed by atoms with van der Waals surface area (Å²) in [5.74, 6) is 0. The van der Waals surface area contributed by atoms with Crippen molar-refractivity contribution >= 4 is 11.3 Å². The van der Waals surface area contributed by atoms with Crippen LogP contribution in [0.5, 0.6) is 0 Å². The van der Waals surface area contributed by atoms with Crippen LogP contribution in [0.3, 0.4) is 0 Å². The Labute approximate surface area is 97.1 Å². The molecule has 0 radical (unpaired) electrons. The number of hydrogen-bond donors (Lipinski definition) is 1. The smallest absolute Gasteiger partial charge is 0.0900 e. The third-order valence-corrected chi connectivity index (χ3v) is 3.48. The standard InChI is InChI=1S/C12H22N2S/c1-5-6-7-8-13-9(2)12-10(3)15-11(4)14-12/h9,13H,5-8H2,1-4H3. The van der Waals surface area contributed by atoms with Crippen LogP contribution in [0.25, 0.3) is 0 Å². The van der Waals surface area contributed by atoms with Crippen LogP contribution >= 0.6 is 11.3 Å². The van der Waals surface area contributed by atoms with Gasteiger partial charge in [-0.2, -0.15) is 0 Å². The van der Waals surface area contributed by atoms with Gasteiger partial charge in [-0.3, -0.25) is 0 Å². The summed E-state index contributed by atoms with van der Waals surface area (Å²) in [6, 6.07) is 0.395. The average Bonchev–Trinajstić information content (AvgIpc) is 2.52. The summed E-state index contributed by atoms with van der Waals surface area (Å²) in [5, 5.41) is 4.70. The highest BCUT2D eigenvalue weighted by molar-refractivity contribution is 7.11. The number of aromatic nitrogens is 1. The Kier molecular flexibility index (Phi) is 5.26. The van der Waals surface area contributed by atoms with E-state index in [1.54, 1.807) is 11.3 Å². The van der Waals surface area contributed by atoms with Gasteiger partial charge in [0.25, 0.3) is 0 Å². The summed E-state index contributed by atoms with van der Waals surface area (Å²) in [4.78, 5) is 5.92. The van der Waals surface area contributed by atoms with Gasteiger partial charge in [0.1, 0.15) is 0 Å². The summed E-state index contributed by atoms with van der Waals surface area (Å²) >= 11 is 1.79. The summed E-state index contributed by atoms with van der Waals surface area (Å²) in [6.07, 6.45) is 3.86. The van der Waals surface area contributed by atoms with Crippen molar-refractivity contribution in [2.24, 2.45) is 0 Å². The van der Waals surface area contributed by atoms with Crippen molar-refractivity contribution < 1.29 is 0 Å². The quantitative estimate of drug-likeness (QED) is 0.750. The highest BCUT2D eigenvalue weighted by atomic mass is 32.1. The molecule has 0 spiro atoms. The van der Waals surface area contributed by atoms with E-state index in [-0.39, 0.29) is 0 Å². The van der Waals surface area contributed by atoms with E-state index in [2.05, 4.69) is 38.0 Å². The topological polar surface area (TPSA) is 24.9 Å². The number of unbranched alkanes of at least 4 members (excludes halogenated alkanes) is 2. The molecule has 0 amide bonds. The van der Waals surface area contributed by atoms with Crippen LogP contribution in [0.1, 0.15) is 54.7 Å². The van der Waals surface area contributed by atoms with Gasteiger partial charge in [0.05, 0.1) is 10.7 Å². The van der Waals surface area contributed by atoms with Crippen LogP contribution in [0.15, 0.2) is 0 Å². The monoisotopic (exact) mass is 226 g/mol. The average molecular weight is 226 g/mol. The van der Waals surface area contributed by atoms with Crippen LogP contribution in [-0.4, -0.2) is 11.5 Å². The predicted molar refractivity (Wildman–Crippen MR) is 67.5 cm³/mol. The van der Waals surface area contributed by atoms with Crippen LogP contribution in [0.2, 0.25) is 0 Å². The van der Waals surface area contributed by atoms with Crippen molar-refractivity contribution in [2.75, 3.05) is 6.54 Å². The van der Waals surface area contributed by atoms with Gasteiger partial charge < -0.3 is 5.32 Å². The lowest BCUT2D eigenvalue weighted by Crippen LogP contribution is -2.20. The van der Waals surface area contributed by atoms with E-state index in [4.69, 9.17) is 0 Å². The Hall–Kier alpha value is -0.410. The fourth-order valence-electron chi connectivity index (χ4n) is 1.74. The molecule has 1 rings (SSSR count). The fraction of sp³-hybridized carbons (Fsp3) is 0.750. The van der Waals surface area contributed by atoms with Crippen LogP contribution in [0.4, 0.5) is 0 Å². The first kappa shape index (κ1) is 12.7. The number of rotatable bonds is 6. The summed E-state index contributed by atoms with van der Waals surface area (Å²) in [5.41, 5.74) is 1.23. The molecule has 15 heavy (non-hydrogen) atoms. The number of nitrogens with zero attached hydrogens (tertiary/aromatic N) is 1. The molecule has 0 saturated carbocycles. The first-order valence-electron chi connectivity index (χ1n) is 5.82. The molecular formula is C12H22N2S. The molecule has 0 fully saturated rings. The highest BCUT2D eigenvalue weighted by Crippen LogP contribution is 2.22. The van der Waals surface area contributed by atoms with Crippen LogP contribution in [0, 0.1) is 13.8 Å². The molecule has 0 aliphatic carbocycles. The van der Waals surface area contributed by atoms with Crippen molar-refractivity contribution in [2.45, 2.75) is 53.0 Å². The lowest BCUT2D eigenvalue weighted by atomic mass is 10.2. The summed E-state index contributed by atoms with van der Waals surface area (Å²) in [6.45, 7) is 9.77. The van der Waals surface area contributed by atoms with Crippen molar-refractivity contribution in [3.05, 3.63) is 15.6 Å². The van der Waals surface area contributed by atoms with E-state index < -0.39 is 0 Å². The molecule has 1 N–H and O–H groups in total. The molecule has 0 saturated heterocycles. The van der Waals surface area contributed by atoms with Gasteiger partial charge in [-0.25, -0.2) is 4.98 Å². The Morgan fingerprint density at radius 1 is 1.33 bits per heavy atom. The molecule has 1 aromatic rings. The third-order valence-electron chi connectivity index (χ3n) is 2.58. The minimum absolute atomic E-state index is 0.395. The summed E-state index contributed by atoms with van der Waals surface area (Å²) in [7, 11) is 0. The molecule has 3 heteroatoms. The van der Waals surface area contributed by atoms with Crippen molar-refractivity contribution in [1.29, 1.82) is 0 Å². The number of hydrogen-bond acceptors (Lipinski definition) is 3. The zero-order valence-electron chi connectivity index (χ0n) is 10.3. The second kappa shape index (κ2) is 6.23. The Morgan fingerprint density at radius 3 is 2.60 bits per heavy atom. The van der Waals surface area contributed by atoms with Crippen molar-refractivity contribution in [1.82, 2.24) is 10.3 Å². The molecule has 0 bridgehead atoms. The van der Waals surface area contributed by atoms with Gasteiger partial charge in [0.2, 0.25) is 0 Å². The molecule has 1 unspecified atom stereocenters. The molecule has 86 valence electrons. The number of nitrogens with one attached hydrogen (secondary N) is 1. The maximum atomic E-state index is 4.57. The Morgan fingerprint density at radius 2 is 2.07 bits per heavy atom. The van der Waals surface area contributed by atoms with E-state index >= 15 is 0 Å². The maximum absolute atomic E-state index is 4.57. The fourth-order valence-corrected chi connectivity index (χ4v) is 2.65. The second-order valence-corrected chi connectivity index (χ2v) is 5.46. The Bertz CT molecular complexity index is 294. The zero-order chi connectivity index (χ0) is 11.3. The molecule has 0 aromatic carbocycles. The molecule has 2 nitrogen and oxygen atoms in total. The van der Waals surface area contributed by atoms with E-state index in [0.717, 1.165) is 6.54 Å². The minimum Gasteiger partial charge on any atom is -0.309 e. The van der Waals surface area contributed by atoms with Gasteiger partial charge in [0.15, 0.2) is 0 Å². The number of thiazole rings is 1. The normalized spacial score (nSPS) is 13.1. The zero-order valence-corrected chi connectivity index (χ0v) is 11.1. The predicted octanol–water partition coefficient (Wildman–Crippen LogP) is 3.60. The lowest BCUT2D eigenvalue weighted by molar-refractivity contribution is 0.534. The third kappa shape index (κ3) is 3.92. The first-order chi connectivity index (χ1) is 7.15. The second-order valence-electron chi connectivity index (χ2n) is 4.06. The van der Waals surface area contributed by atoms with E-state index in [0.29, 0.717) is 6.04 Å². The molecule has 0 aliphatic rings. The largest absolute Gasteiger partial charge is 0.309 e. The van der Waals surface area contributed by atoms with Crippen LogP contribution < -0.4 is 5.32 Å². The van der Waals surface area contributed by atoms with Crippen molar-refractivity contribution in [3.63, 3.8) is 0 Å². The van der Waals surface area contributed by atoms with Gasteiger partial charge in [-0.15, -0.1) is 11.3 Å². The molecule has 1 heterocycles. The highest BCUT2D eigenvalue weighted by Gasteiger charge is 2.11. The minimum atomic E-state index is 0.395.